The van der Waals surface area contributed by atoms with Gasteiger partial charge in [-0.1, -0.05) is 83.6 Å². The van der Waals surface area contributed by atoms with Crippen LogP contribution in [0, 0.1) is 0 Å². The number of ether oxygens (including phenoxy) is 1. The molecule has 3 heterocycles. The number of allylic oxidation sites excluding steroid dienone is 1. The third-order valence-corrected chi connectivity index (χ3v) is 8.31. The minimum atomic E-state index is -0.632. The van der Waals surface area contributed by atoms with Crippen molar-refractivity contribution in [3.63, 3.8) is 0 Å². The summed E-state index contributed by atoms with van der Waals surface area (Å²) in [6.45, 7) is 6.09. The van der Waals surface area contributed by atoms with E-state index in [1.165, 1.54) is 11.3 Å². The normalized spacial score (nSPS) is 15.3. The Hall–Kier alpha value is -4.20. The van der Waals surface area contributed by atoms with Crippen LogP contribution in [0.4, 0.5) is 0 Å². The highest BCUT2D eigenvalue weighted by Gasteiger charge is 2.33. The quantitative estimate of drug-likeness (QED) is 0.237. The molecule has 5 aromatic rings. The lowest BCUT2D eigenvalue weighted by atomic mass is 9.96. The predicted octanol–water partition coefficient (Wildman–Crippen LogP) is 5.84. The smallest absolute Gasteiger partial charge is 0.338 e. The second-order valence-electron chi connectivity index (χ2n) is 10.3. The molecule has 0 spiro atoms. The van der Waals surface area contributed by atoms with Crippen LogP contribution in [0.15, 0.2) is 106 Å². The number of nitrogens with zero attached hydrogens (tertiary/aromatic N) is 3. The number of para-hydroxylation sites is 1. The number of thiazole rings is 1. The summed E-state index contributed by atoms with van der Waals surface area (Å²) in [5, 5.41) is 1.75. The maximum absolute atomic E-state index is 14.1. The Labute approximate surface area is 246 Å². The van der Waals surface area contributed by atoms with Gasteiger partial charge in [-0.15, -0.1) is 0 Å². The number of carbonyl (C=O) groups is 1. The number of benzene rings is 3. The molecule has 1 atom stereocenters. The molecule has 0 saturated heterocycles. The zero-order valence-corrected chi connectivity index (χ0v) is 24.4. The number of hydrogen-bond donors (Lipinski definition) is 0. The van der Waals surface area contributed by atoms with Crippen molar-refractivity contribution in [1.82, 2.24) is 9.13 Å². The minimum absolute atomic E-state index is 0.195. The van der Waals surface area contributed by atoms with Gasteiger partial charge in [0.25, 0.3) is 5.56 Å². The summed E-state index contributed by atoms with van der Waals surface area (Å²) < 4.78 is 9.94. The number of rotatable bonds is 6. The van der Waals surface area contributed by atoms with Gasteiger partial charge in [-0.25, -0.2) is 9.79 Å². The van der Waals surface area contributed by atoms with Crippen molar-refractivity contribution in [2.24, 2.45) is 4.99 Å². The van der Waals surface area contributed by atoms with Crippen LogP contribution in [0.3, 0.4) is 0 Å². The lowest BCUT2D eigenvalue weighted by Crippen LogP contribution is -2.40. The number of fused-ring (bicyclic) bond motifs is 2. The van der Waals surface area contributed by atoms with Crippen LogP contribution in [0.1, 0.15) is 43.5 Å². The lowest BCUT2D eigenvalue weighted by molar-refractivity contribution is -0.143. The number of hydrogen-bond acceptors (Lipinski definition) is 5. The first-order chi connectivity index (χ1) is 19.8. The molecule has 0 bridgehead atoms. The van der Waals surface area contributed by atoms with E-state index in [0.717, 1.165) is 27.6 Å². The van der Waals surface area contributed by atoms with E-state index >= 15 is 0 Å². The highest BCUT2D eigenvalue weighted by Crippen LogP contribution is 2.31. The van der Waals surface area contributed by atoms with E-state index in [9.17, 15) is 9.59 Å². The second-order valence-corrected chi connectivity index (χ2v) is 11.7. The predicted molar refractivity (Wildman–Crippen MR) is 164 cm³/mol. The third kappa shape index (κ3) is 5.19. The van der Waals surface area contributed by atoms with E-state index in [2.05, 4.69) is 22.9 Å². The third-order valence-electron chi connectivity index (χ3n) is 7.07. The zero-order valence-electron chi connectivity index (χ0n) is 22.9. The maximum atomic E-state index is 14.1. The highest BCUT2D eigenvalue weighted by atomic mass is 35.5. The summed E-state index contributed by atoms with van der Waals surface area (Å²) in [6, 6.07) is 24.9. The van der Waals surface area contributed by atoms with Gasteiger partial charge in [0.05, 0.1) is 27.9 Å². The first-order valence-corrected chi connectivity index (χ1v) is 14.6. The zero-order chi connectivity index (χ0) is 28.7. The van der Waals surface area contributed by atoms with E-state index in [1.54, 1.807) is 11.5 Å². The van der Waals surface area contributed by atoms with E-state index in [0.29, 0.717) is 32.2 Å². The number of aromatic nitrogens is 2. The molecular weight excluding hydrogens is 554 g/mol. The average Bonchev–Trinajstić information content (AvgIpc) is 3.45. The van der Waals surface area contributed by atoms with Crippen molar-refractivity contribution in [1.29, 1.82) is 0 Å². The van der Waals surface area contributed by atoms with Gasteiger partial charge < -0.3 is 9.30 Å². The Morgan fingerprint density at radius 2 is 1.76 bits per heavy atom. The number of halogens is 1. The van der Waals surface area contributed by atoms with Crippen molar-refractivity contribution in [3.8, 4) is 0 Å². The van der Waals surface area contributed by atoms with Gasteiger partial charge >= 0.3 is 5.97 Å². The molecule has 6 nitrogen and oxygen atoms in total. The molecule has 0 N–H and O–H groups in total. The van der Waals surface area contributed by atoms with Crippen LogP contribution >= 0.6 is 22.9 Å². The van der Waals surface area contributed by atoms with Crippen LogP contribution < -0.4 is 14.9 Å². The van der Waals surface area contributed by atoms with Crippen molar-refractivity contribution in [2.75, 3.05) is 0 Å². The summed E-state index contributed by atoms with van der Waals surface area (Å²) in [5.41, 5.74) is 4.69. The summed E-state index contributed by atoms with van der Waals surface area (Å²) in [7, 11) is 0. The topological polar surface area (TPSA) is 65.6 Å². The summed E-state index contributed by atoms with van der Waals surface area (Å²) >= 11 is 7.42. The first-order valence-electron chi connectivity index (χ1n) is 13.4. The molecule has 8 heteroatoms. The van der Waals surface area contributed by atoms with Crippen molar-refractivity contribution in [3.05, 3.63) is 138 Å². The van der Waals surface area contributed by atoms with Gasteiger partial charge in [0, 0.05) is 34.2 Å². The largest absolute Gasteiger partial charge is 0.459 e. The molecule has 1 aliphatic rings. The molecule has 1 unspecified atom stereocenters. The fourth-order valence-electron chi connectivity index (χ4n) is 5.26. The fourth-order valence-corrected chi connectivity index (χ4v) is 6.42. The molecule has 3 aromatic carbocycles. The Morgan fingerprint density at radius 1 is 1.05 bits per heavy atom. The van der Waals surface area contributed by atoms with Crippen molar-refractivity contribution in [2.45, 2.75) is 39.5 Å². The van der Waals surface area contributed by atoms with Crippen molar-refractivity contribution < 1.29 is 9.53 Å². The van der Waals surface area contributed by atoms with Crippen LogP contribution in [-0.4, -0.2) is 21.2 Å². The first kappa shape index (κ1) is 27.0. The minimum Gasteiger partial charge on any atom is -0.459 e. The van der Waals surface area contributed by atoms with Crippen LogP contribution in [-0.2, 0) is 16.1 Å². The van der Waals surface area contributed by atoms with E-state index in [-0.39, 0.29) is 11.7 Å². The molecule has 0 fully saturated rings. The summed E-state index contributed by atoms with van der Waals surface area (Å²) in [5.74, 6) is -0.463. The molecule has 0 aliphatic carbocycles. The Balaban J connectivity index is 1.50. The molecule has 2 aromatic heterocycles. The van der Waals surface area contributed by atoms with E-state index < -0.39 is 12.0 Å². The van der Waals surface area contributed by atoms with Gasteiger partial charge in [-0.05, 0) is 56.2 Å². The Bertz CT molecular complexity index is 1980. The number of esters is 1. The van der Waals surface area contributed by atoms with Crippen LogP contribution in [0.2, 0.25) is 5.02 Å². The summed E-state index contributed by atoms with van der Waals surface area (Å²) in [6.07, 6.45) is 3.70. The highest BCUT2D eigenvalue weighted by molar-refractivity contribution is 7.07. The molecule has 206 valence electrons. The molecular formula is C33H28ClN3O3S. The van der Waals surface area contributed by atoms with E-state index in [1.807, 2.05) is 86.7 Å². The molecule has 0 saturated carbocycles. The standard InChI is InChI=1S/C33H28ClN3O3S/c1-20(2)40-32(39)29-21(3)35-33-37(30(29)23-9-5-4-6-10-23)31(38)28(41-33)17-24-19-36(27-12-8-7-11-26(24)27)18-22-13-15-25(34)16-14-22/h4-17,19-20,30H,18H2,1-3H3. The lowest BCUT2D eigenvalue weighted by Gasteiger charge is -2.25. The van der Waals surface area contributed by atoms with E-state index in [4.69, 9.17) is 21.3 Å². The van der Waals surface area contributed by atoms with Gasteiger partial charge in [-0.3, -0.25) is 9.36 Å². The second kappa shape index (κ2) is 11.0. The average molecular weight is 582 g/mol. The SMILES string of the molecule is CC1=C(C(=O)OC(C)C)C(c2ccccc2)n2c(sc(=Cc3cn(Cc4ccc(Cl)cc4)c4ccccc34)c2=O)=N1. The molecule has 0 radical (unpaired) electrons. The van der Waals surface area contributed by atoms with Crippen molar-refractivity contribution >= 4 is 45.9 Å². The van der Waals surface area contributed by atoms with Gasteiger partial charge in [-0.2, -0.15) is 0 Å². The van der Waals surface area contributed by atoms with Crippen LogP contribution in [0.5, 0.6) is 0 Å². The van der Waals surface area contributed by atoms with Crippen LogP contribution in [0.25, 0.3) is 17.0 Å². The van der Waals surface area contributed by atoms with Gasteiger partial charge in [0.1, 0.15) is 0 Å². The Morgan fingerprint density at radius 3 is 2.49 bits per heavy atom. The molecule has 0 amide bonds. The fraction of sp³-hybridized carbons (Fsp3) is 0.182. The van der Waals surface area contributed by atoms with Gasteiger partial charge in [0.2, 0.25) is 0 Å². The molecule has 41 heavy (non-hydrogen) atoms. The van der Waals surface area contributed by atoms with Gasteiger partial charge in [0.15, 0.2) is 4.80 Å². The maximum Gasteiger partial charge on any atom is 0.338 e. The number of carbonyl (C=O) groups excluding carboxylic acids is 1. The monoisotopic (exact) mass is 581 g/mol. The molecule has 6 rings (SSSR count). The molecule has 1 aliphatic heterocycles. The Kier molecular flexibility index (Phi) is 7.24. The summed E-state index contributed by atoms with van der Waals surface area (Å²) in [4.78, 5) is 32.6.